The Morgan fingerprint density at radius 1 is 0.766 bits per heavy atom. The zero-order valence-corrected chi connectivity index (χ0v) is 28.0. The number of aromatic nitrogens is 1. The van der Waals surface area contributed by atoms with E-state index in [0.29, 0.717) is 11.8 Å². The molecule has 9 rings (SSSR count). The van der Waals surface area contributed by atoms with E-state index in [9.17, 15) is 0 Å². The van der Waals surface area contributed by atoms with Crippen LogP contribution in [0, 0.1) is 11.8 Å². The molecule has 3 heteroatoms. The molecule has 3 aliphatic carbocycles. The van der Waals surface area contributed by atoms with E-state index >= 15 is 0 Å². The summed E-state index contributed by atoms with van der Waals surface area (Å²) < 4.78 is 2.49. The van der Waals surface area contributed by atoms with Crippen LogP contribution in [0.15, 0.2) is 132 Å². The van der Waals surface area contributed by atoms with Crippen molar-refractivity contribution in [1.29, 1.82) is 0 Å². The van der Waals surface area contributed by atoms with Crippen molar-refractivity contribution in [2.45, 2.75) is 52.2 Å². The monoisotopic (exact) mass is 611 g/mol. The number of hydrogen-bond acceptors (Lipinski definition) is 2. The molecular weight excluding hydrogens is 571 g/mol. The molecule has 2 heterocycles. The Balaban J connectivity index is 1.26. The first-order valence-electron chi connectivity index (χ1n) is 17.2. The normalized spacial score (nSPS) is 22.7. The molecule has 0 saturated heterocycles. The summed E-state index contributed by atoms with van der Waals surface area (Å²) in [5, 5.41) is 2.58. The molecule has 3 nitrogen and oxygen atoms in total. The number of benzene rings is 4. The van der Waals surface area contributed by atoms with Gasteiger partial charge in [0, 0.05) is 40.1 Å². The van der Waals surface area contributed by atoms with Crippen molar-refractivity contribution in [2.75, 3.05) is 7.05 Å². The van der Waals surface area contributed by atoms with Gasteiger partial charge in [-0.2, -0.15) is 0 Å². The highest BCUT2D eigenvalue weighted by molar-refractivity contribution is 6.16. The second-order valence-electron chi connectivity index (χ2n) is 14.6. The first-order valence-corrected chi connectivity index (χ1v) is 17.2. The average Bonchev–Trinajstić information content (AvgIpc) is 3.53. The van der Waals surface area contributed by atoms with Gasteiger partial charge < -0.3 is 9.47 Å². The van der Waals surface area contributed by atoms with Gasteiger partial charge in [-0.05, 0) is 76.3 Å². The van der Waals surface area contributed by atoms with Crippen molar-refractivity contribution in [2.24, 2.45) is 16.8 Å². The number of allylic oxidation sites excluding steroid dienone is 7. The third-order valence-corrected chi connectivity index (χ3v) is 11.2. The first kappa shape index (κ1) is 28.3. The fourth-order valence-electron chi connectivity index (χ4n) is 8.61. The number of para-hydroxylation sites is 1. The molecule has 0 saturated carbocycles. The van der Waals surface area contributed by atoms with Gasteiger partial charge in [0.1, 0.15) is 0 Å². The molecule has 0 amide bonds. The van der Waals surface area contributed by atoms with Gasteiger partial charge in [-0.1, -0.05) is 125 Å². The van der Waals surface area contributed by atoms with Crippen molar-refractivity contribution in [3.05, 3.63) is 149 Å². The van der Waals surface area contributed by atoms with Gasteiger partial charge in [0.05, 0.1) is 16.7 Å². The van der Waals surface area contributed by atoms with Gasteiger partial charge in [-0.15, -0.1) is 0 Å². The summed E-state index contributed by atoms with van der Waals surface area (Å²) in [7, 11) is 2.22. The minimum atomic E-state index is -0.227. The minimum Gasteiger partial charge on any atom is -0.335 e. The van der Waals surface area contributed by atoms with Gasteiger partial charge in [-0.25, -0.2) is 4.99 Å². The number of likely N-dealkylation sites (N-methyl/N-ethyl adjacent to an activating group) is 1. The van der Waals surface area contributed by atoms with E-state index in [2.05, 4.69) is 160 Å². The van der Waals surface area contributed by atoms with Crippen LogP contribution >= 0.6 is 0 Å². The Morgan fingerprint density at radius 3 is 2.36 bits per heavy atom. The summed E-state index contributed by atoms with van der Waals surface area (Å²) in [5.74, 6) is 1.01. The molecule has 3 atom stereocenters. The summed E-state index contributed by atoms with van der Waals surface area (Å²) in [5.41, 5.74) is 15.4. The second kappa shape index (κ2) is 10.3. The number of rotatable bonds is 3. The maximum Gasteiger partial charge on any atom is 0.203 e. The van der Waals surface area contributed by atoms with Crippen LogP contribution in [0.4, 0.5) is 0 Å². The lowest BCUT2D eigenvalue weighted by Gasteiger charge is -2.39. The number of aliphatic imine (C=N–C) groups is 1. The molecular formula is C44H41N3. The van der Waals surface area contributed by atoms with E-state index < -0.39 is 0 Å². The average molecular weight is 612 g/mol. The lowest BCUT2D eigenvalue weighted by Crippen LogP contribution is -2.36. The first-order chi connectivity index (χ1) is 22.8. The molecule has 1 aromatic heterocycles. The molecule has 0 N–H and O–H groups in total. The Hall–Kier alpha value is -4.89. The molecule has 0 bridgehead atoms. The third kappa shape index (κ3) is 4.15. The predicted molar refractivity (Wildman–Crippen MR) is 198 cm³/mol. The summed E-state index contributed by atoms with van der Waals surface area (Å²) in [6.45, 7) is 9.37. The van der Waals surface area contributed by atoms with Crippen LogP contribution in [0.1, 0.15) is 69.1 Å². The fourth-order valence-corrected chi connectivity index (χ4v) is 8.61. The molecule has 232 valence electrons. The van der Waals surface area contributed by atoms with Crippen molar-refractivity contribution < 1.29 is 0 Å². The SMILES string of the molecule is CC1C=C2C(=CC1)C(c1ccc(C3=CC=CCC3C)cc1)=NC(n1c3ccccc3c3cc4c(cc31)-c1ccccc1C4(C)C)N2C. The molecule has 0 radical (unpaired) electrons. The van der Waals surface area contributed by atoms with E-state index in [1.165, 1.54) is 72.0 Å². The summed E-state index contributed by atoms with van der Waals surface area (Å²) in [6, 6.07) is 31.9. The van der Waals surface area contributed by atoms with Crippen molar-refractivity contribution in [3.63, 3.8) is 0 Å². The molecule has 4 aromatic carbocycles. The standard InChI is InChI=1S/C44H41N3/c1-27-18-23-34-40(24-27)46(5)43(45-42(34)30-21-19-29(20-22-30)31-13-7-6-12-28(31)2)47-39-17-11-9-15-33(39)36-25-38-35(26-41(36)47)32-14-8-10-16-37(32)44(38,3)4/h6-11,13-17,19-28,43H,12,18H2,1-5H3. The van der Waals surface area contributed by atoms with Crippen LogP contribution in [0.3, 0.4) is 0 Å². The molecule has 1 aliphatic heterocycles. The van der Waals surface area contributed by atoms with E-state index in [1.54, 1.807) is 0 Å². The van der Waals surface area contributed by atoms with Crippen LogP contribution in [0.25, 0.3) is 38.5 Å². The summed E-state index contributed by atoms with van der Waals surface area (Å²) in [6.07, 6.45) is 13.5. The largest absolute Gasteiger partial charge is 0.335 e. The number of fused-ring (bicyclic) bond motifs is 7. The van der Waals surface area contributed by atoms with Gasteiger partial charge in [0.25, 0.3) is 0 Å². The summed E-state index contributed by atoms with van der Waals surface area (Å²) in [4.78, 5) is 8.08. The smallest absolute Gasteiger partial charge is 0.203 e. The molecule has 4 aliphatic rings. The Morgan fingerprint density at radius 2 is 1.53 bits per heavy atom. The Labute approximate surface area is 278 Å². The quantitative estimate of drug-likeness (QED) is 0.199. The molecule has 5 aromatic rings. The topological polar surface area (TPSA) is 20.5 Å². The second-order valence-corrected chi connectivity index (χ2v) is 14.6. The lowest BCUT2D eigenvalue weighted by molar-refractivity contribution is 0.243. The minimum absolute atomic E-state index is 0.0487. The summed E-state index contributed by atoms with van der Waals surface area (Å²) >= 11 is 0. The van der Waals surface area contributed by atoms with E-state index in [1.807, 2.05) is 0 Å². The molecule has 0 fully saturated rings. The van der Waals surface area contributed by atoms with E-state index in [4.69, 9.17) is 4.99 Å². The Kier molecular flexibility index (Phi) is 6.21. The fraction of sp³-hybridized carbons (Fsp3) is 0.250. The van der Waals surface area contributed by atoms with Crippen molar-refractivity contribution >= 4 is 33.1 Å². The van der Waals surface area contributed by atoms with Gasteiger partial charge in [-0.3, -0.25) is 0 Å². The van der Waals surface area contributed by atoms with Gasteiger partial charge in [0.2, 0.25) is 6.29 Å². The zero-order valence-electron chi connectivity index (χ0n) is 28.0. The van der Waals surface area contributed by atoms with Gasteiger partial charge >= 0.3 is 0 Å². The lowest BCUT2D eigenvalue weighted by atomic mass is 9.82. The van der Waals surface area contributed by atoms with Crippen LogP contribution in [-0.4, -0.2) is 22.2 Å². The highest BCUT2D eigenvalue weighted by Gasteiger charge is 2.38. The van der Waals surface area contributed by atoms with Crippen LogP contribution in [0.2, 0.25) is 0 Å². The number of hydrogen-bond donors (Lipinski definition) is 0. The van der Waals surface area contributed by atoms with Crippen molar-refractivity contribution in [3.8, 4) is 11.1 Å². The number of nitrogens with zero attached hydrogens (tertiary/aromatic N) is 3. The molecule has 0 spiro atoms. The molecule has 3 unspecified atom stereocenters. The predicted octanol–water partition coefficient (Wildman–Crippen LogP) is 10.8. The van der Waals surface area contributed by atoms with E-state index in [-0.39, 0.29) is 11.7 Å². The highest BCUT2D eigenvalue weighted by atomic mass is 15.4. The maximum absolute atomic E-state index is 5.68. The maximum atomic E-state index is 5.68. The van der Waals surface area contributed by atoms with Crippen LogP contribution in [0.5, 0.6) is 0 Å². The van der Waals surface area contributed by atoms with Crippen molar-refractivity contribution in [1.82, 2.24) is 9.47 Å². The van der Waals surface area contributed by atoms with Crippen LogP contribution < -0.4 is 0 Å². The third-order valence-electron chi connectivity index (χ3n) is 11.2. The van der Waals surface area contributed by atoms with Crippen LogP contribution in [-0.2, 0) is 5.41 Å². The highest BCUT2D eigenvalue weighted by Crippen LogP contribution is 2.51. The Bertz CT molecular complexity index is 2270. The zero-order chi connectivity index (χ0) is 32.0. The van der Waals surface area contributed by atoms with E-state index in [0.717, 1.165) is 18.6 Å². The molecule has 47 heavy (non-hydrogen) atoms. The van der Waals surface area contributed by atoms with Gasteiger partial charge in [0.15, 0.2) is 0 Å².